The third kappa shape index (κ3) is 7.02. The largest absolute Gasteiger partial charge is 0.411 e. The molecule has 0 spiro atoms. The van der Waals surface area contributed by atoms with Crippen LogP contribution >= 0.6 is 0 Å². The topological polar surface area (TPSA) is 137 Å². The minimum absolute atomic E-state index is 0.0652. The van der Waals surface area contributed by atoms with Gasteiger partial charge in [-0.05, 0) is 49.4 Å². The molecule has 2 aromatic rings. The van der Waals surface area contributed by atoms with Gasteiger partial charge in [-0.25, -0.2) is 8.42 Å². The minimum Gasteiger partial charge on any atom is -0.411 e. The van der Waals surface area contributed by atoms with Crippen LogP contribution in [0.25, 0.3) is 11.3 Å². The molecule has 1 aromatic carbocycles. The molecule has 34 heavy (non-hydrogen) atoms. The van der Waals surface area contributed by atoms with Gasteiger partial charge < -0.3 is 10.0 Å². The fourth-order valence-corrected chi connectivity index (χ4v) is 5.08. The van der Waals surface area contributed by atoms with Crippen LogP contribution in [0.15, 0.2) is 40.4 Å². The van der Waals surface area contributed by atoms with E-state index in [2.05, 4.69) is 9.99 Å². The molecule has 11 heteroatoms. The van der Waals surface area contributed by atoms with Crippen LogP contribution in [0.3, 0.4) is 0 Å². The molecule has 0 bridgehead atoms. The summed E-state index contributed by atoms with van der Waals surface area (Å²) in [5, 5.41) is 26.9. The van der Waals surface area contributed by atoms with E-state index >= 15 is 0 Å². The molecule has 1 aliphatic rings. The van der Waals surface area contributed by atoms with Crippen LogP contribution < -0.4 is 0 Å². The molecule has 3 rings (SSSR count). The summed E-state index contributed by atoms with van der Waals surface area (Å²) in [6.07, 6.45) is 11.0. The molecule has 0 radical (unpaired) electrons. The molecule has 1 heterocycles. The lowest BCUT2D eigenvalue weighted by atomic mass is 9.95. The molecule has 1 atom stereocenters. The number of unbranched alkanes of at least 4 members (excludes halogenated alkanes) is 2. The molecule has 1 saturated carbocycles. The van der Waals surface area contributed by atoms with Gasteiger partial charge in [-0.1, -0.05) is 44.2 Å². The Morgan fingerprint density at radius 1 is 1.24 bits per heavy atom. The second-order valence-electron chi connectivity index (χ2n) is 8.76. The van der Waals surface area contributed by atoms with Crippen molar-refractivity contribution in [2.75, 3.05) is 12.9 Å². The van der Waals surface area contributed by atoms with Crippen LogP contribution in [-0.2, 0) is 14.7 Å². The zero-order valence-electron chi connectivity index (χ0n) is 19.4. The summed E-state index contributed by atoms with van der Waals surface area (Å²) >= 11 is 0. The van der Waals surface area contributed by atoms with Crippen molar-refractivity contribution < 1.29 is 23.5 Å². The van der Waals surface area contributed by atoms with E-state index in [0.29, 0.717) is 12.8 Å². The highest BCUT2D eigenvalue weighted by Gasteiger charge is 2.23. The number of oxime groups is 1. The number of rotatable bonds is 12. The number of sulfone groups is 1. The lowest BCUT2D eigenvalue weighted by Gasteiger charge is -2.24. The molecule has 186 valence electrons. The molecule has 1 unspecified atom stereocenters. The standard InChI is InChI=1S/C23H32N4O6S/c1-34(31,32)21-13-11-18(12-14-21)23-16-22(25-26(23)20-9-5-2-6-10-20)19(17-24-28)8-4-3-7-15-33-27(29)30/h11-14,16-17,19-20,28H,2-10,15H2,1H3/b24-17-. The third-order valence-electron chi connectivity index (χ3n) is 6.24. The molecule has 0 saturated heterocycles. The van der Waals surface area contributed by atoms with E-state index in [4.69, 9.17) is 5.10 Å². The maximum absolute atomic E-state index is 11.9. The summed E-state index contributed by atoms with van der Waals surface area (Å²) in [4.78, 5) is 14.9. The van der Waals surface area contributed by atoms with Crippen LogP contribution in [0.2, 0.25) is 0 Å². The van der Waals surface area contributed by atoms with Crippen molar-refractivity contribution in [3.05, 3.63) is 46.1 Å². The Morgan fingerprint density at radius 2 is 1.94 bits per heavy atom. The number of nitrogens with zero attached hydrogens (tertiary/aromatic N) is 4. The normalized spacial score (nSPS) is 16.0. The zero-order chi connectivity index (χ0) is 24.6. The highest BCUT2D eigenvalue weighted by atomic mass is 32.2. The lowest BCUT2D eigenvalue weighted by molar-refractivity contribution is -0.757. The number of aromatic nitrogens is 2. The first-order valence-electron chi connectivity index (χ1n) is 11.6. The Bertz CT molecular complexity index is 1080. The van der Waals surface area contributed by atoms with Crippen LogP contribution in [-0.4, -0.2) is 47.6 Å². The Kier molecular flexibility index (Phi) is 9.03. The predicted octanol–water partition coefficient (Wildman–Crippen LogP) is 4.77. The monoisotopic (exact) mass is 492 g/mol. The van der Waals surface area contributed by atoms with E-state index in [1.54, 1.807) is 24.3 Å². The molecular formula is C23H32N4O6S. The molecule has 1 aromatic heterocycles. The Balaban J connectivity index is 1.83. The molecular weight excluding hydrogens is 460 g/mol. The van der Waals surface area contributed by atoms with Crippen molar-refractivity contribution in [1.29, 1.82) is 0 Å². The zero-order valence-corrected chi connectivity index (χ0v) is 20.2. The minimum atomic E-state index is -3.28. The highest BCUT2D eigenvalue weighted by molar-refractivity contribution is 7.90. The Morgan fingerprint density at radius 3 is 2.56 bits per heavy atom. The summed E-state index contributed by atoms with van der Waals surface area (Å²) in [5.74, 6) is -0.208. The maximum Gasteiger partial charge on any atom is 0.294 e. The number of hydrogen-bond acceptors (Lipinski definition) is 8. The molecule has 1 N–H and O–H groups in total. The summed E-state index contributed by atoms with van der Waals surface area (Å²) in [6.45, 7) is 0.0652. The smallest absolute Gasteiger partial charge is 0.294 e. The van der Waals surface area contributed by atoms with Crippen molar-refractivity contribution in [3.63, 3.8) is 0 Å². The highest BCUT2D eigenvalue weighted by Crippen LogP contribution is 2.35. The number of benzene rings is 1. The molecule has 10 nitrogen and oxygen atoms in total. The second-order valence-corrected chi connectivity index (χ2v) is 10.8. The van der Waals surface area contributed by atoms with Gasteiger partial charge in [0, 0.05) is 12.2 Å². The Hall–Kier alpha value is -2.95. The van der Waals surface area contributed by atoms with E-state index in [0.717, 1.165) is 55.5 Å². The first kappa shape index (κ1) is 25.7. The van der Waals surface area contributed by atoms with Gasteiger partial charge in [0.25, 0.3) is 5.09 Å². The van der Waals surface area contributed by atoms with Gasteiger partial charge in [-0.2, -0.15) is 5.10 Å². The van der Waals surface area contributed by atoms with Gasteiger partial charge in [0.15, 0.2) is 9.84 Å². The van der Waals surface area contributed by atoms with Crippen LogP contribution in [0.1, 0.15) is 75.4 Å². The van der Waals surface area contributed by atoms with Crippen molar-refractivity contribution in [1.82, 2.24) is 9.78 Å². The van der Waals surface area contributed by atoms with Crippen molar-refractivity contribution in [3.8, 4) is 11.3 Å². The van der Waals surface area contributed by atoms with Crippen molar-refractivity contribution in [2.45, 2.75) is 74.6 Å². The van der Waals surface area contributed by atoms with E-state index < -0.39 is 14.9 Å². The van der Waals surface area contributed by atoms with Gasteiger partial charge in [-0.3, -0.25) is 4.68 Å². The SMILES string of the molecule is CS(=O)(=O)c1ccc(-c2cc(C(/C=N\O)CCCCCO[N+](=O)[O-])nn2C2CCCCC2)cc1. The van der Waals surface area contributed by atoms with E-state index in [9.17, 15) is 23.7 Å². The van der Waals surface area contributed by atoms with Crippen LogP contribution in [0.5, 0.6) is 0 Å². The Labute approximate surface area is 199 Å². The summed E-state index contributed by atoms with van der Waals surface area (Å²) in [7, 11) is -3.28. The van der Waals surface area contributed by atoms with E-state index in [1.807, 2.05) is 10.7 Å². The van der Waals surface area contributed by atoms with Gasteiger partial charge in [0.05, 0.1) is 35.1 Å². The van der Waals surface area contributed by atoms with Gasteiger partial charge in [0.2, 0.25) is 0 Å². The molecule has 0 amide bonds. The van der Waals surface area contributed by atoms with Crippen LogP contribution in [0, 0.1) is 10.1 Å². The fraction of sp³-hybridized carbons (Fsp3) is 0.565. The maximum atomic E-state index is 11.9. The summed E-state index contributed by atoms with van der Waals surface area (Å²) < 4.78 is 25.8. The summed E-state index contributed by atoms with van der Waals surface area (Å²) in [6, 6.07) is 9.09. The van der Waals surface area contributed by atoms with Gasteiger partial charge in [-0.15, -0.1) is 15.3 Å². The van der Waals surface area contributed by atoms with Crippen molar-refractivity contribution in [2.24, 2.45) is 5.16 Å². The van der Waals surface area contributed by atoms with Gasteiger partial charge >= 0.3 is 0 Å². The average molecular weight is 493 g/mol. The lowest BCUT2D eigenvalue weighted by Crippen LogP contribution is -2.16. The van der Waals surface area contributed by atoms with Crippen molar-refractivity contribution >= 4 is 16.1 Å². The third-order valence-corrected chi connectivity index (χ3v) is 7.36. The molecule has 0 aliphatic heterocycles. The van der Waals surface area contributed by atoms with E-state index in [1.165, 1.54) is 18.9 Å². The fourth-order valence-electron chi connectivity index (χ4n) is 4.45. The van der Waals surface area contributed by atoms with E-state index in [-0.39, 0.29) is 23.5 Å². The first-order valence-corrected chi connectivity index (χ1v) is 13.5. The average Bonchev–Trinajstić information content (AvgIpc) is 3.26. The second kappa shape index (κ2) is 12.0. The van der Waals surface area contributed by atoms with Gasteiger partial charge in [0.1, 0.15) is 0 Å². The molecule has 1 aliphatic carbocycles. The number of hydrogen-bond donors (Lipinski definition) is 1. The molecule has 1 fully saturated rings. The quantitative estimate of drug-likeness (QED) is 0.148. The van der Waals surface area contributed by atoms with Crippen LogP contribution in [0.4, 0.5) is 0 Å². The summed E-state index contributed by atoms with van der Waals surface area (Å²) in [5.41, 5.74) is 2.58. The first-order chi connectivity index (χ1) is 16.3. The predicted molar refractivity (Wildman–Crippen MR) is 127 cm³/mol.